The molecule has 10 heteroatoms. The molecule has 23 heavy (non-hydrogen) atoms. The van der Waals surface area contributed by atoms with Crippen LogP contribution in [0.1, 0.15) is 11.8 Å². The van der Waals surface area contributed by atoms with E-state index in [0.29, 0.717) is 22.6 Å². The number of carbonyl (C=O) groups excluding carboxylic acids is 2. The Kier molecular flexibility index (Phi) is 6.81. The van der Waals surface area contributed by atoms with Gasteiger partial charge in [-0.2, -0.15) is 0 Å². The van der Waals surface area contributed by atoms with Gasteiger partial charge in [0.2, 0.25) is 16.9 Å². The Morgan fingerprint density at radius 2 is 2.26 bits per heavy atom. The lowest BCUT2D eigenvalue weighted by Crippen LogP contribution is -2.41. The van der Waals surface area contributed by atoms with Crippen LogP contribution >= 0.6 is 34.4 Å². The van der Waals surface area contributed by atoms with E-state index in [1.807, 2.05) is 24.4 Å². The molecular formula is C13H17N5O2S3. The second-order valence-corrected chi connectivity index (χ2v) is 7.72. The molecule has 0 aliphatic heterocycles. The molecule has 2 amide bonds. The lowest BCUT2D eigenvalue weighted by atomic mass is 10.4. The number of hydrogen-bond acceptors (Lipinski definition) is 8. The molecule has 0 spiro atoms. The standard InChI is InChI=1S/C13H17N5O2S3/c1-2-18(7-10(19)15-6-9-4-3-5-21-9)11(20)8-22-13-17-16-12(14)23-13/h3-5H,2,6-8H2,1H3,(H2,14,16)(H,15,19). The van der Waals surface area contributed by atoms with Crippen LogP contribution in [0, 0.1) is 0 Å². The SMILES string of the molecule is CCN(CC(=O)NCc1cccs1)C(=O)CSc1nnc(N)s1. The Bertz CT molecular complexity index is 644. The van der Waals surface area contributed by atoms with Crippen molar-refractivity contribution in [3.63, 3.8) is 0 Å². The Hall–Kier alpha value is -1.65. The molecule has 0 unspecified atom stereocenters. The Morgan fingerprint density at radius 1 is 1.43 bits per heavy atom. The van der Waals surface area contributed by atoms with Gasteiger partial charge in [0.1, 0.15) is 0 Å². The lowest BCUT2D eigenvalue weighted by molar-refractivity contribution is -0.133. The summed E-state index contributed by atoms with van der Waals surface area (Å²) in [5.74, 6) is -0.0722. The van der Waals surface area contributed by atoms with Gasteiger partial charge in [-0.3, -0.25) is 9.59 Å². The predicted molar refractivity (Wildman–Crippen MR) is 93.5 cm³/mol. The van der Waals surface area contributed by atoms with Crippen LogP contribution in [0.15, 0.2) is 21.9 Å². The minimum absolute atomic E-state index is 0.0551. The minimum atomic E-state index is -0.168. The number of likely N-dealkylation sites (N-methyl/N-ethyl adjacent to an activating group) is 1. The smallest absolute Gasteiger partial charge is 0.239 e. The van der Waals surface area contributed by atoms with Gasteiger partial charge in [-0.1, -0.05) is 29.2 Å². The third-order valence-corrected chi connectivity index (χ3v) is 5.60. The third-order valence-electron chi connectivity index (χ3n) is 2.85. The van der Waals surface area contributed by atoms with Gasteiger partial charge >= 0.3 is 0 Å². The molecule has 0 aliphatic rings. The van der Waals surface area contributed by atoms with Crippen LogP contribution in [-0.4, -0.2) is 45.8 Å². The summed E-state index contributed by atoms with van der Waals surface area (Å²) < 4.78 is 0.647. The minimum Gasteiger partial charge on any atom is -0.374 e. The van der Waals surface area contributed by atoms with Crippen LogP contribution < -0.4 is 11.1 Å². The van der Waals surface area contributed by atoms with Crippen LogP contribution in [0.5, 0.6) is 0 Å². The molecule has 0 fully saturated rings. The number of nitrogen functional groups attached to an aromatic ring is 1. The first kappa shape index (κ1) is 17.7. The van der Waals surface area contributed by atoms with Crippen molar-refractivity contribution in [3.05, 3.63) is 22.4 Å². The Morgan fingerprint density at radius 3 is 2.87 bits per heavy atom. The molecule has 124 valence electrons. The van der Waals surface area contributed by atoms with Crippen LogP contribution in [0.3, 0.4) is 0 Å². The van der Waals surface area contributed by atoms with Crippen molar-refractivity contribution in [3.8, 4) is 0 Å². The highest BCUT2D eigenvalue weighted by molar-refractivity contribution is 8.01. The van der Waals surface area contributed by atoms with Gasteiger partial charge in [0, 0.05) is 11.4 Å². The summed E-state index contributed by atoms with van der Waals surface area (Å²) in [7, 11) is 0. The van der Waals surface area contributed by atoms with E-state index in [4.69, 9.17) is 5.73 Å². The first-order valence-corrected chi connectivity index (χ1v) is 9.55. The average molecular weight is 372 g/mol. The van der Waals surface area contributed by atoms with Crippen LogP contribution in [0.2, 0.25) is 0 Å². The highest BCUT2D eigenvalue weighted by Crippen LogP contribution is 2.23. The van der Waals surface area contributed by atoms with E-state index in [9.17, 15) is 9.59 Å². The van der Waals surface area contributed by atoms with Crippen LogP contribution in [0.25, 0.3) is 0 Å². The van der Waals surface area contributed by atoms with Gasteiger partial charge in [-0.05, 0) is 18.4 Å². The number of thioether (sulfide) groups is 1. The molecule has 7 nitrogen and oxygen atoms in total. The molecule has 0 atom stereocenters. The Labute approximate surface area is 146 Å². The summed E-state index contributed by atoms with van der Waals surface area (Å²) in [6.45, 7) is 2.86. The van der Waals surface area contributed by atoms with Gasteiger partial charge in [0.05, 0.1) is 18.8 Å². The predicted octanol–water partition coefficient (Wildman–Crippen LogP) is 1.44. The highest BCUT2D eigenvalue weighted by atomic mass is 32.2. The summed E-state index contributed by atoms with van der Waals surface area (Å²) in [6.07, 6.45) is 0. The summed E-state index contributed by atoms with van der Waals surface area (Å²) in [4.78, 5) is 26.7. The van der Waals surface area contributed by atoms with Crippen LogP contribution in [-0.2, 0) is 16.1 Å². The summed E-state index contributed by atoms with van der Waals surface area (Å²) in [5, 5.41) is 12.7. The van der Waals surface area contributed by atoms with Gasteiger partial charge in [-0.15, -0.1) is 21.5 Å². The molecule has 0 radical (unpaired) electrons. The number of amides is 2. The first-order chi connectivity index (χ1) is 11.1. The zero-order valence-corrected chi connectivity index (χ0v) is 15.0. The summed E-state index contributed by atoms with van der Waals surface area (Å²) in [6, 6.07) is 3.89. The van der Waals surface area contributed by atoms with Crippen molar-refractivity contribution in [2.45, 2.75) is 17.8 Å². The van der Waals surface area contributed by atoms with Crippen molar-refractivity contribution in [1.82, 2.24) is 20.4 Å². The maximum Gasteiger partial charge on any atom is 0.239 e. The van der Waals surface area contributed by atoms with Gasteiger partial charge in [0.15, 0.2) is 4.34 Å². The largest absolute Gasteiger partial charge is 0.374 e. The number of thiophene rings is 1. The monoisotopic (exact) mass is 371 g/mol. The number of aromatic nitrogens is 2. The maximum absolute atomic E-state index is 12.2. The van der Waals surface area contributed by atoms with E-state index < -0.39 is 0 Å². The zero-order chi connectivity index (χ0) is 16.7. The number of carbonyl (C=O) groups is 2. The second-order valence-electron chi connectivity index (χ2n) is 4.46. The molecule has 0 saturated heterocycles. The molecule has 0 aromatic carbocycles. The molecule has 3 N–H and O–H groups in total. The van der Waals surface area contributed by atoms with Crippen molar-refractivity contribution in [2.75, 3.05) is 24.6 Å². The first-order valence-electron chi connectivity index (χ1n) is 6.87. The lowest BCUT2D eigenvalue weighted by Gasteiger charge is -2.19. The maximum atomic E-state index is 12.2. The molecule has 2 aromatic rings. The number of nitrogens with one attached hydrogen (secondary N) is 1. The average Bonchev–Trinajstić information content (AvgIpc) is 3.19. The number of nitrogens with zero attached hydrogens (tertiary/aromatic N) is 3. The molecular weight excluding hydrogens is 354 g/mol. The van der Waals surface area contributed by atoms with Gasteiger partial charge in [-0.25, -0.2) is 0 Å². The van der Waals surface area contributed by atoms with Crippen LogP contribution in [0.4, 0.5) is 5.13 Å². The third kappa shape index (κ3) is 5.81. The molecule has 0 bridgehead atoms. The quantitative estimate of drug-likeness (QED) is 0.681. The molecule has 0 saturated carbocycles. The summed E-state index contributed by atoms with van der Waals surface area (Å²) in [5.41, 5.74) is 5.49. The normalized spacial score (nSPS) is 10.5. The molecule has 2 aromatic heterocycles. The van der Waals surface area contributed by atoms with E-state index in [2.05, 4.69) is 15.5 Å². The molecule has 2 heterocycles. The van der Waals surface area contributed by atoms with Crippen molar-refractivity contribution in [1.29, 1.82) is 0 Å². The number of hydrogen-bond donors (Lipinski definition) is 2. The molecule has 2 rings (SSSR count). The summed E-state index contributed by atoms with van der Waals surface area (Å²) >= 11 is 4.10. The van der Waals surface area contributed by atoms with E-state index >= 15 is 0 Å². The zero-order valence-electron chi connectivity index (χ0n) is 12.5. The number of nitrogens with two attached hydrogens (primary N) is 1. The number of anilines is 1. The van der Waals surface area contributed by atoms with Crippen molar-refractivity contribution in [2.24, 2.45) is 0 Å². The van der Waals surface area contributed by atoms with E-state index in [-0.39, 0.29) is 24.1 Å². The molecule has 0 aliphatic carbocycles. The van der Waals surface area contributed by atoms with Crippen molar-refractivity contribution >= 4 is 51.4 Å². The van der Waals surface area contributed by atoms with E-state index in [0.717, 1.165) is 4.88 Å². The van der Waals surface area contributed by atoms with Crippen molar-refractivity contribution < 1.29 is 9.59 Å². The van der Waals surface area contributed by atoms with Gasteiger partial charge < -0.3 is 16.0 Å². The fourth-order valence-electron chi connectivity index (χ4n) is 1.70. The van der Waals surface area contributed by atoms with Gasteiger partial charge in [0.25, 0.3) is 0 Å². The fraction of sp³-hybridized carbons (Fsp3) is 0.385. The Balaban J connectivity index is 1.76. The fourth-order valence-corrected chi connectivity index (χ4v) is 3.88. The topological polar surface area (TPSA) is 101 Å². The number of rotatable bonds is 8. The van der Waals surface area contributed by atoms with E-state index in [1.54, 1.807) is 11.3 Å². The highest BCUT2D eigenvalue weighted by Gasteiger charge is 2.16. The second kappa shape index (κ2) is 8.85. The van der Waals surface area contributed by atoms with E-state index in [1.165, 1.54) is 28.0 Å².